The van der Waals surface area contributed by atoms with E-state index >= 15 is 0 Å². The standard InChI is InChI=1S/C15H22S/c1-7-11-13-12(8-2)14(9-3)16(5,6)15(13)10-4/h7-11H,4H2,1-3,5-6H3/b11-7-,12-8-,14-9+. The summed E-state index contributed by atoms with van der Waals surface area (Å²) in [5.74, 6) is 0. The average Bonchev–Trinajstić information content (AvgIpc) is 2.45. The Morgan fingerprint density at radius 1 is 1.06 bits per heavy atom. The monoisotopic (exact) mass is 234 g/mol. The Bertz CT molecular complexity index is 415. The van der Waals surface area contributed by atoms with Crippen molar-refractivity contribution in [1.82, 2.24) is 0 Å². The van der Waals surface area contributed by atoms with E-state index in [1.165, 1.54) is 21.0 Å². The lowest BCUT2D eigenvalue weighted by molar-refractivity contribution is 1.47. The minimum atomic E-state index is -0.858. The Morgan fingerprint density at radius 3 is 2.06 bits per heavy atom. The first-order valence-corrected chi connectivity index (χ1v) is 8.05. The molecule has 0 aromatic rings. The SMILES string of the molecule is C=CC1=C(/C=C\C)C(=C/C)/C(=C\C)S1(C)C. The van der Waals surface area contributed by atoms with Gasteiger partial charge in [0.15, 0.2) is 0 Å². The van der Waals surface area contributed by atoms with Crippen LogP contribution in [0.4, 0.5) is 0 Å². The van der Waals surface area contributed by atoms with Crippen LogP contribution in [0.5, 0.6) is 0 Å². The minimum absolute atomic E-state index is 0.858. The second-order valence-electron chi connectivity index (χ2n) is 4.16. The van der Waals surface area contributed by atoms with Crippen molar-refractivity contribution in [1.29, 1.82) is 0 Å². The lowest BCUT2D eigenvalue weighted by Crippen LogP contribution is -1.95. The number of allylic oxidation sites excluding steroid dienone is 7. The van der Waals surface area contributed by atoms with Gasteiger partial charge in [0.2, 0.25) is 0 Å². The normalized spacial score (nSPS) is 27.1. The Kier molecular flexibility index (Phi) is 4.03. The molecule has 1 heteroatoms. The fourth-order valence-electron chi connectivity index (χ4n) is 2.34. The Balaban J connectivity index is 3.55. The zero-order chi connectivity index (χ0) is 12.3. The van der Waals surface area contributed by atoms with Crippen LogP contribution in [0.2, 0.25) is 0 Å². The highest BCUT2D eigenvalue weighted by atomic mass is 32.3. The summed E-state index contributed by atoms with van der Waals surface area (Å²) >= 11 is 0. The summed E-state index contributed by atoms with van der Waals surface area (Å²) in [7, 11) is -0.858. The van der Waals surface area contributed by atoms with Gasteiger partial charge < -0.3 is 0 Å². The zero-order valence-electron chi connectivity index (χ0n) is 11.0. The number of rotatable bonds is 2. The first kappa shape index (κ1) is 13.1. The molecule has 0 N–H and O–H groups in total. The Morgan fingerprint density at radius 2 is 1.69 bits per heavy atom. The van der Waals surface area contributed by atoms with Crippen LogP contribution in [0.3, 0.4) is 0 Å². The molecule has 0 nitrogen and oxygen atoms in total. The van der Waals surface area contributed by atoms with Crippen molar-refractivity contribution in [3.8, 4) is 0 Å². The molecular weight excluding hydrogens is 212 g/mol. The third kappa shape index (κ3) is 1.84. The van der Waals surface area contributed by atoms with Crippen LogP contribution in [-0.2, 0) is 0 Å². The summed E-state index contributed by atoms with van der Waals surface area (Å²) in [6, 6.07) is 0. The van der Waals surface area contributed by atoms with Gasteiger partial charge in [-0.15, -0.1) is 0 Å². The first-order chi connectivity index (χ1) is 7.54. The lowest BCUT2D eigenvalue weighted by atomic mass is 10.0. The van der Waals surface area contributed by atoms with Gasteiger partial charge in [-0.3, -0.25) is 0 Å². The highest BCUT2D eigenvalue weighted by Gasteiger charge is 2.33. The molecule has 88 valence electrons. The summed E-state index contributed by atoms with van der Waals surface area (Å²) in [5, 5.41) is 0. The Labute approximate surface area is 101 Å². The number of hydrogen-bond donors (Lipinski definition) is 0. The van der Waals surface area contributed by atoms with Crippen LogP contribution < -0.4 is 0 Å². The molecule has 1 aliphatic heterocycles. The molecule has 0 bridgehead atoms. The third-order valence-corrected chi connectivity index (χ3v) is 6.03. The van der Waals surface area contributed by atoms with E-state index in [9.17, 15) is 0 Å². The molecule has 0 fully saturated rings. The van der Waals surface area contributed by atoms with Gasteiger partial charge in [-0.1, -0.05) is 37.0 Å². The molecule has 0 amide bonds. The topological polar surface area (TPSA) is 0 Å². The molecule has 1 aliphatic rings. The molecule has 0 atom stereocenters. The van der Waals surface area contributed by atoms with E-state index in [1.54, 1.807) is 0 Å². The van der Waals surface area contributed by atoms with E-state index in [4.69, 9.17) is 0 Å². The molecule has 1 rings (SSSR count). The van der Waals surface area contributed by atoms with Gasteiger partial charge in [0.1, 0.15) is 0 Å². The van der Waals surface area contributed by atoms with Gasteiger partial charge in [0, 0.05) is 4.91 Å². The van der Waals surface area contributed by atoms with Gasteiger partial charge in [-0.25, -0.2) is 0 Å². The maximum atomic E-state index is 3.98. The van der Waals surface area contributed by atoms with E-state index in [0.29, 0.717) is 0 Å². The molecule has 0 radical (unpaired) electrons. The van der Waals surface area contributed by atoms with E-state index < -0.39 is 10.0 Å². The molecule has 0 saturated heterocycles. The van der Waals surface area contributed by atoms with E-state index in [2.05, 4.69) is 64.2 Å². The second-order valence-corrected chi connectivity index (χ2v) is 7.70. The highest BCUT2D eigenvalue weighted by molar-refractivity contribution is 8.39. The molecule has 0 saturated carbocycles. The molecule has 0 unspecified atom stereocenters. The summed E-state index contributed by atoms with van der Waals surface area (Å²) in [6.07, 6.45) is 15.5. The van der Waals surface area contributed by atoms with Crippen LogP contribution in [0.1, 0.15) is 20.8 Å². The minimum Gasteiger partial charge on any atom is -0.193 e. The first-order valence-electron chi connectivity index (χ1n) is 5.60. The highest BCUT2D eigenvalue weighted by Crippen LogP contribution is 2.66. The van der Waals surface area contributed by atoms with Crippen LogP contribution in [-0.4, -0.2) is 12.5 Å². The van der Waals surface area contributed by atoms with Crippen molar-refractivity contribution in [2.75, 3.05) is 12.5 Å². The van der Waals surface area contributed by atoms with Crippen molar-refractivity contribution in [3.05, 3.63) is 57.9 Å². The van der Waals surface area contributed by atoms with Crippen molar-refractivity contribution >= 4 is 10.0 Å². The zero-order valence-corrected chi connectivity index (χ0v) is 11.8. The maximum Gasteiger partial charge on any atom is 0.000908 e. The molecule has 0 aromatic carbocycles. The molecule has 0 aliphatic carbocycles. The largest absolute Gasteiger partial charge is 0.193 e. The molecule has 0 aromatic heterocycles. The van der Waals surface area contributed by atoms with Crippen LogP contribution in [0.15, 0.2) is 57.9 Å². The molecule has 16 heavy (non-hydrogen) atoms. The predicted octanol–water partition coefficient (Wildman–Crippen LogP) is 4.93. The summed E-state index contributed by atoms with van der Waals surface area (Å²) in [4.78, 5) is 2.89. The fraction of sp³-hybridized carbons (Fsp3) is 0.333. The Hall–Kier alpha value is -0.950. The summed E-state index contributed by atoms with van der Waals surface area (Å²) in [5.41, 5.74) is 2.74. The predicted molar refractivity (Wildman–Crippen MR) is 79.0 cm³/mol. The average molecular weight is 234 g/mol. The van der Waals surface area contributed by atoms with Gasteiger partial charge >= 0.3 is 0 Å². The second kappa shape index (κ2) is 4.92. The smallest absolute Gasteiger partial charge is 0.000908 e. The lowest BCUT2D eigenvalue weighted by Gasteiger charge is -2.29. The third-order valence-electron chi connectivity index (χ3n) is 2.99. The molecular formula is C15H22S. The van der Waals surface area contributed by atoms with Crippen LogP contribution in [0, 0.1) is 0 Å². The number of hydrogen-bond acceptors (Lipinski definition) is 0. The maximum absolute atomic E-state index is 3.98. The summed E-state index contributed by atoms with van der Waals surface area (Å²) < 4.78 is 0. The van der Waals surface area contributed by atoms with E-state index in [1.807, 2.05) is 6.08 Å². The van der Waals surface area contributed by atoms with Crippen molar-refractivity contribution in [3.63, 3.8) is 0 Å². The van der Waals surface area contributed by atoms with Gasteiger partial charge in [0.05, 0.1) is 0 Å². The molecule has 0 spiro atoms. The summed E-state index contributed by atoms with van der Waals surface area (Å²) in [6.45, 7) is 10.3. The van der Waals surface area contributed by atoms with Crippen molar-refractivity contribution < 1.29 is 0 Å². The van der Waals surface area contributed by atoms with Crippen molar-refractivity contribution in [2.24, 2.45) is 0 Å². The van der Waals surface area contributed by atoms with E-state index in [0.717, 1.165) is 0 Å². The van der Waals surface area contributed by atoms with Crippen LogP contribution >= 0.6 is 10.0 Å². The fourth-order valence-corrected chi connectivity index (χ4v) is 5.09. The van der Waals surface area contributed by atoms with Gasteiger partial charge in [-0.2, -0.15) is 10.0 Å². The van der Waals surface area contributed by atoms with Gasteiger partial charge in [-0.05, 0) is 49.3 Å². The van der Waals surface area contributed by atoms with Crippen LogP contribution in [0.25, 0.3) is 0 Å². The quantitative estimate of drug-likeness (QED) is 0.635. The van der Waals surface area contributed by atoms with E-state index in [-0.39, 0.29) is 0 Å². The molecule has 1 heterocycles. The van der Waals surface area contributed by atoms with Gasteiger partial charge in [0.25, 0.3) is 0 Å². The van der Waals surface area contributed by atoms with Crippen molar-refractivity contribution in [2.45, 2.75) is 20.8 Å².